The molecule has 2 aromatic rings. The third-order valence-electron chi connectivity index (χ3n) is 3.23. The Kier molecular flexibility index (Phi) is 5.68. The van der Waals surface area contributed by atoms with Crippen LogP contribution in [0.3, 0.4) is 0 Å². The minimum Gasteiger partial charge on any atom is -0.480 e. The fourth-order valence-corrected chi connectivity index (χ4v) is 2.08. The molecule has 0 heterocycles. The molecular weight excluding hydrogens is 351 g/mol. The molecular formula is C16H16F3N5O2. The van der Waals surface area contributed by atoms with Gasteiger partial charge in [0, 0.05) is 16.9 Å². The Morgan fingerprint density at radius 3 is 2.35 bits per heavy atom. The summed E-state index contributed by atoms with van der Waals surface area (Å²) in [4.78, 5) is 10.6. The molecule has 2 rings (SSSR count). The van der Waals surface area contributed by atoms with Gasteiger partial charge in [-0.2, -0.15) is 13.2 Å². The average molecular weight is 367 g/mol. The minimum absolute atomic E-state index is 0.0521. The Balaban J connectivity index is 2.24. The molecule has 0 aliphatic rings. The molecule has 0 saturated heterocycles. The lowest BCUT2D eigenvalue weighted by molar-refractivity contribution is -0.139. The molecule has 0 spiro atoms. The Hall–Kier alpha value is -3.27. The van der Waals surface area contributed by atoms with Crippen molar-refractivity contribution in [3.63, 3.8) is 0 Å². The van der Waals surface area contributed by atoms with Crippen molar-refractivity contribution >= 4 is 23.2 Å². The molecule has 2 aromatic carbocycles. The Morgan fingerprint density at radius 1 is 1.15 bits per heavy atom. The quantitative estimate of drug-likeness (QED) is 0.269. The van der Waals surface area contributed by atoms with E-state index in [1.807, 2.05) is 0 Å². The molecule has 26 heavy (non-hydrogen) atoms. The van der Waals surface area contributed by atoms with Gasteiger partial charge < -0.3 is 16.2 Å². The second-order valence-corrected chi connectivity index (χ2v) is 5.22. The predicted octanol–water partition coefficient (Wildman–Crippen LogP) is 2.33. The summed E-state index contributed by atoms with van der Waals surface area (Å²) in [7, 11) is 0. The summed E-state index contributed by atoms with van der Waals surface area (Å²) >= 11 is 0. The normalized spacial score (nSPS) is 11.9. The molecule has 0 radical (unpaired) electrons. The molecule has 7 nitrogen and oxygen atoms in total. The van der Waals surface area contributed by atoms with Crippen molar-refractivity contribution in [1.82, 2.24) is 5.12 Å². The first-order chi connectivity index (χ1) is 12.2. The zero-order valence-electron chi connectivity index (χ0n) is 13.4. The summed E-state index contributed by atoms with van der Waals surface area (Å²) in [6.45, 7) is -0.546. The van der Waals surface area contributed by atoms with E-state index in [1.54, 1.807) is 24.3 Å². The maximum atomic E-state index is 12.6. The number of amidine groups is 1. The predicted molar refractivity (Wildman–Crippen MR) is 90.4 cm³/mol. The summed E-state index contributed by atoms with van der Waals surface area (Å²) in [6.07, 6.45) is -4.41. The highest BCUT2D eigenvalue weighted by atomic mass is 19.4. The van der Waals surface area contributed by atoms with Gasteiger partial charge in [-0.05, 0) is 36.4 Å². The lowest BCUT2D eigenvalue weighted by Gasteiger charge is -2.15. The number of hydrazone groups is 1. The topological polar surface area (TPSA) is 117 Å². The molecule has 0 bridgehead atoms. The van der Waals surface area contributed by atoms with E-state index in [2.05, 4.69) is 10.4 Å². The van der Waals surface area contributed by atoms with Gasteiger partial charge in [0.2, 0.25) is 0 Å². The number of anilines is 2. The number of carboxylic acid groups (broad SMARTS) is 1. The van der Waals surface area contributed by atoms with Crippen LogP contribution in [-0.2, 0) is 11.0 Å². The van der Waals surface area contributed by atoms with Crippen LogP contribution < -0.4 is 16.9 Å². The summed E-state index contributed by atoms with van der Waals surface area (Å²) in [5.74, 6) is 4.20. The third-order valence-corrected chi connectivity index (χ3v) is 3.23. The zero-order chi connectivity index (χ0) is 19.3. The van der Waals surface area contributed by atoms with Crippen LogP contribution in [0.1, 0.15) is 11.1 Å². The lowest BCUT2D eigenvalue weighted by atomic mass is 10.1. The molecule has 138 valence electrons. The number of nitrogens with zero attached hydrogens (tertiary/aromatic N) is 2. The lowest BCUT2D eigenvalue weighted by Crippen LogP contribution is -2.34. The van der Waals surface area contributed by atoms with Crippen molar-refractivity contribution in [1.29, 1.82) is 0 Å². The molecule has 0 aromatic heterocycles. The van der Waals surface area contributed by atoms with E-state index in [4.69, 9.17) is 16.7 Å². The minimum atomic E-state index is -4.41. The van der Waals surface area contributed by atoms with E-state index in [0.717, 1.165) is 12.1 Å². The van der Waals surface area contributed by atoms with Crippen LogP contribution in [0, 0.1) is 0 Å². The molecule has 6 N–H and O–H groups in total. The fraction of sp³-hybridized carbons (Fsp3) is 0.125. The Bertz CT molecular complexity index is 806. The van der Waals surface area contributed by atoms with Gasteiger partial charge in [-0.1, -0.05) is 12.1 Å². The smallest absolute Gasteiger partial charge is 0.416 e. The number of benzene rings is 2. The highest BCUT2D eigenvalue weighted by Crippen LogP contribution is 2.30. The number of alkyl halides is 3. The van der Waals surface area contributed by atoms with Crippen LogP contribution in [0.25, 0.3) is 0 Å². The van der Waals surface area contributed by atoms with Crippen molar-refractivity contribution in [2.24, 2.45) is 16.7 Å². The van der Waals surface area contributed by atoms with E-state index in [0.29, 0.717) is 22.1 Å². The van der Waals surface area contributed by atoms with Crippen molar-refractivity contribution < 1.29 is 23.1 Å². The number of hydrogen-bond donors (Lipinski definition) is 4. The van der Waals surface area contributed by atoms with E-state index < -0.39 is 24.3 Å². The van der Waals surface area contributed by atoms with Crippen LogP contribution in [0.2, 0.25) is 0 Å². The maximum Gasteiger partial charge on any atom is 0.416 e. The molecule has 10 heteroatoms. The van der Waals surface area contributed by atoms with Gasteiger partial charge in [-0.3, -0.25) is 4.79 Å². The number of carboxylic acids is 1. The first-order valence-electron chi connectivity index (χ1n) is 7.28. The van der Waals surface area contributed by atoms with Crippen LogP contribution in [-0.4, -0.2) is 28.6 Å². The van der Waals surface area contributed by atoms with Gasteiger partial charge in [-0.15, -0.1) is 5.10 Å². The summed E-state index contributed by atoms with van der Waals surface area (Å²) in [5.41, 5.74) is 6.39. The highest BCUT2D eigenvalue weighted by Gasteiger charge is 2.29. The second kappa shape index (κ2) is 7.74. The number of carbonyl (C=O) groups is 1. The van der Waals surface area contributed by atoms with Crippen molar-refractivity contribution in [3.05, 3.63) is 59.7 Å². The SMILES string of the molecule is N/C(=N\N(N)CC(=O)O)c1ccccc1Nc1ccc(C(F)(F)F)cc1. The first-order valence-corrected chi connectivity index (χ1v) is 7.28. The van der Waals surface area contributed by atoms with Crippen LogP contribution in [0.4, 0.5) is 24.5 Å². The van der Waals surface area contributed by atoms with Gasteiger partial charge in [0.05, 0.1) is 5.56 Å². The first kappa shape index (κ1) is 19.1. The zero-order valence-corrected chi connectivity index (χ0v) is 13.4. The highest BCUT2D eigenvalue weighted by molar-refractivity contribution is 6.02. The maximum absolute atomic E-state index is 12.6. The van der Waals surface area contributed by atoms with Gasteiger partial charge in [0.1, 0.15) is 0 Å². The number of halogens is 3. The molecule has 0 amide bonds. The summed E-state index contributed by atoms with van der Waals surface area (Å²) in [6, 6.07) is 11.1. The van der Waals surface area contributed by atoms with Gasteiger partial charge in [-0.25, -0.2) is 11.0 Å². The van der Waals surface area contributed by atoms with Crippen molar-refractivity contribution in [2.45, 2.75) is 6.18 Å². The molecule has 0 saturated carbocycles. The van der Waals surface area contributed by atoms with Gasteiger partial charge in [0.15, 0.2) is 12.4 Å². The molecule has 0 unspecified atom stereocenters. The number of hydrazine groups is 1. The monoisotopic (exact) mass is 367 g/mol. The number of aliphatic carboxylic acids is 1. The molecule has 0 aliphatic heterocycles. The fourth-order valence-electron chi connectivity index (χ4n) is 2.08. The van der Waals surface area contributed by atoms with Gasteiger partial charge >= 0.3 is 12.1 Å². The number of para-hydroxylation sites is 1. The van der Waals surface area contributed by atoms with Crippen LogP contribution in [0.15, 0.2) is 53.6 Å². The van der Waals surface area contributed by atoms with E-state index in [-0.39, 0.29) is 5.84 Å². The Morgan fingerprint density at radius 2 is 1.77 bits per heavy atom. The average Bonchev–Trinajstić information content (AvgIpc) is 2.54. The number of hydrogen-bond acceptors (Lipinski definition) is 5. The summed E-state index contributed by atoms with van der Waals surface area (Å²) < 4.78 is 37.9. The van der Waals surface area contributed by atoms with Crippen molar-refractivity contribution in [3.8, 4) is 0 Å². The standard InChI is InChI=1S/C16H16F3N5O2/c17-16(18,19)10-5-7-11(8-6-10)22-13-4-2-1-3-12(13)15(20)23-24(21)9-14(25)26/h1-8,22H,9,21H2,(H2,20,23)(H,25,26). The molecule has 0 fully saturated rings. The molecule has 0 atom stereocenters. The van der Waals surface area contributed by atoms with Crippen LogP contribution >= 0.6 is 0 Å². The number of nitrogens with one attached hydrogen (secondary N) is 1. The van der Waals surface area contributed by atoms with E-state index >= 15 is 0 Å². The number of nitrogens with two attached hydrogens (primary N) is 2. The van der Waals surface area contributed by atoms with E-state index in [9.17, 15) is 18.0 Å². The largest absolute Gasteiger partial charge is 0.480 e. The van der Waals surface area contributed by atoms with Gasteiger partial charge in [0.25, 0.3) is 0 Å². The van der Waals surface area contributed by atoms with Crippen molar-refractivity contribution in [2.75, 3.05) is 11.9 Å². The van der Waals surface area contributed by atoms with Crippen LogP contribution in [0.5, 0.6) is 0 Å². The summed E-state index contributed by atoms with van der Waals surface area (Å²) in [5, 5.41) is 16.1. The Labute approximate surface area is 146 Å². The molecule has 0 aliphatic carbocycles. The second-order valence-electron chi connectivity index (χ2n) is 5.22. The number of rotatable bonds is 6. The van der Waals surface area contributed by atoms with E-state index in [1.165, 1.54) is 12.1 Å². The third kappa shape index (κ3) is 5.11.